The molecule has 5 atom stereocenters. The molecule has 0 saturated carbocycles. The number of H-pyrrole nitrogens is 1. The Balaban J connectivity index is 2.18. The number of hydrogen-bond donors (Lipinski definition) is 7. The number of carboxylic acids is 2. The Morgan fingerprint density at radius 2 is 1.82 bits per heavy atom. The van der Waals surface area contributed by atoms with E-state index in [-0.39, 0.29) is 12.3 Å². The van der Waals surface area contributed by atoms with Gasteiger partial charge in [0.05, 0.1) is 18.8 Å². The van der Waals surface area contributed by atoms with Crippen molar-refractivity contribution in [2.45, 2.75) is 70.1 Å². The fourth-order valence-corrected chi connectivity index (χ4v) is 3.60. The van der Waals surface area contributed by atoms with Crippen LogP contribution in [0.2, 0.25) is 0 Å². The average molecular weight is 481 g/mol. The first-order valence-corrected chi connectivity index (χ1v) is 11.2. The van der Waals surface area contributed by atoms with Crippen LogP contribution in [0.4, 0.5) is 0 Å². The van der Waals surface area contributed by atoms with Gasteiger partial charge in [0.1, 0.15) is 18.1 Å². The van der Waals surface area contributed by atoms with Gasteiger partial charge in [0.25, 0.3) is 0 Å². The van der Waals surface area contributed by atoms with Crippen molar-refractivity contribution in [3.63, 3.8) is 0 Å². The van der Waals surface area contributed by atoms with E-state index in [1.165, 1.54) is 12.5 Å². The third kappa shape index (κ3) is 7.83. The zero-order valence-corrected chi connectivity index (χ0v) is 19.2. The molecule has 1 saturated heterocycles. The van der Waals surface area contributed by atoms with Gasteiger partial charge in [-0.05, 0) is 25.3 Å². The van der Waals surface area contributed by atoms with E-state index in [2.05, 4.69) is 31.2 Å². The predicted octanol–water partition coefficient (Wildman–Crippen LogP) is -1.24. The van der Waals surface area contributed by atoms with Crippen molar-refractivity contribution < 1.29 is 34.2 Å². The lowest BCUT2D eigenvalue weighted by Gasteiger charge is -2.26. The maximum Gasteiger partial charge on any atom is 0.326 e. The first kappa shape index (κ1) is 26.8. The number of carboxylic acid groups (broad SMARTS) is 2. The Morgan fingerprint density at radius 1 is 1.12 bits per heavy atom. The largest absolute Gasteiger partial charge is 0.481 e. The molecule has 1 aliphatic rings. The summed E-state index contributed by atoms with van der Waals surface area (Å²) in [7, 11) is 0. The number of hydrogen-bond acceptors (Lipinski definition) is 7. The maximum absolute atomic E-state index is 13.0. The fraction of sp³-hybridized carbons (Fsp3) is 0.619. The van der Waals surface area contributed by atoms with Crippen molar-refractivity contribution in [2.24, 2.45) is 5.92 Å². The number of carbonyl (C=O) groups excluding carboxylic acids is 3. The van der Waals surface area contributed by atoms with Crippen LogP contribution >= 0.6 is 0 Å². The Hall–Kier alpha value is -3.48. The van der Waals surface area contributed by atoms with Gasteiger partial charge >= 0.3 is 11.9 Å². The van der Waals surface area contributed by atoms with Crippen LogP contribution in [-0.4, -0.2) is 80.6 Å². The van der Waals surface area contributed by atoms with Crippen LogP contribution in [0.5, 0.6) is 0 Å². The summed E-state index contributed by atoms with van der Waals surface area (Å²) in [6.07, 6.45) is 3.92. The fourth-order valence-electron chi connectivity index (χ4n) is 3.60. The van der Waals surface area contributed by atoms with Crippen LogP contribution in [-0.2, 0) is 30.4 Å². The van der Waals surface area contributed by atoms with Crippen molar-refractivity contribution in [1.29, 1.82) is 0 Å². The van der Waals surface area contributed by atoms with Gasteiger partial charge in [0.15, 0.2) is 0 Å². The summed E-state index contributed by atoms with van der Waals surface area (Å²) in [6, 6.07) is -4.37. The minimum atomic E-state index is -1.42. The molecule has 13 nitrogen and oxygen atoms in total. The number of aliphatic carboxylic acids is 2. The quantitative estimate of drug-likeness (QED) is 0.180. The summed E-state index contributed by atoms with van der Waals surface area (Å²) in [5.41, 5.74) is 0.491. The number of carbonyl (C=O) groups is 5. The Kier molecular flexibility index (Phi) is 9.98. The molecule has 2 rings (SSSR count). The second kappa shape index (κ2) is 12.7. The molecule has 1 fully saturated rings. The van der Waals surface area contributed by atoms with Crippen LogP contribution in [0, 0.1) is 5.92 Å². The zero-order valence-electron chi connectivity index (χ0n) is 19.2. The molecule has 1 aromatic rings. The number of amides is 3. The first-order valence-electron chi connectivity index (χ1n) is 11.2. The van der Waals surface area contributed by atoms with Crippen molar-refractivity contribution in [2.75, 3.05) is 6.54 Å². The third-order valence-corrected chi connectivity index (χ3v) is 5.78. The van der Waals surface area contributed by atoms with Gasteiger partial charge in [-0.15, -0.1) is 0 Å². The molecule has 3 amide bonds. The number of imidazole rings is 1. The summed E-state index contributed by atoms with van der Waals surface area (Å²) in [5.74, 6) is -5.03. The minimum absolute atomic E-state index is 0.0532. The molecule has 0 aliphatic carbocycles. The number of nitrogens with zero attached hydrogens (tertiary/aromatic N) is 1. The zero-order chi connectivity index (χ0) is 25.3. The normalized spacial score (nSPS) is 18.8. The molecule has 1 aromatic heterocycles. The van der Waals surface area contributed by atoms with Crippen molar-refractivity contribution in [3.05, 3.63) is 18.2 Å². The summed E-state index contributed by atoms with van der Waals surface area (Å²) >= 11 is 0. The van der Waals surface area contributed by atoms with Gasteiger partial charge in [-0.1, -0.05) is 20.3 Å². The van der Waals surface area contributed by atoms with E-state index in [1.807, 2.05) is 0 Å². The van der Waals surface area contributed by atoms with E-state index in [0.29, 0.717) is 25.1 Å². The van der Waals surface area contributed by atoms with E-state index < -0.39 is 60.2 Å². The van der Waals surface area contributed by atoms with E-state index >= 15 is 0 Å². The maximum atomic E-state index is 13.0. The van der Waals surface area contributed by atoms with Crippen LogP contribution in [0.3, 0.4) is 0 Å². The highest BCUT2D eigenvalue weighted by molar-refractivity contribution is 5.95. The molecular weight excluding hydrogens is 448 g/mol. The minimum Gasteiger partial charge on any atom is -0.481 e. The number of rotatable bonds is 13. The Morgan fingerprint density at radius 3 is 2.35 bits per heavy atom. The van der Waals surface area contributed by atoms with Crippen LogP contribution in [0.15, 0.2) is 12.5 Å². The molecule has 188 valence electrons. The topological polar surface area (TPSA) is 203 Å². The molecule has 7 N–H and O–H groups in total. The smallest absolute Gasteiger partial charge is 0.326 e. The lowest BCUT2D eigenvalue weighted by Crippen LogP contribution is -2.58. The monoisotopic (exact) mass is 480 g/mol. The molecule has 0 aromatic carbocycles. The average Bonchev–Trinajstić information content (AvgIpc) is 3.49. The summed E-state index contributed by atoms with van der Waals surface area (Å²) in [6.45, 7) is 4.10. The second-order valence-electron chi connectivity index (χ2n) is 8.36. The van der Waals surface area contributed by atoms with E-state index in [1.54, 1.807) is 13.8 Å². The van der Waals surface area contributed by atoms with Gasteiger partial charge < -0.3 is 36.5 Å². The highest BCUT2D eigenvalue weighted by Gasteiger charge is 2.33. The summed E-state index contributed by atoms with van der Waals surface area (Å²) in [4.78, 5) is 68.0. The standard InChI is InChI=1S/C21H32N6O7/c1-3-11(2)17(21(33)34)27-20(32)14(7-12-9-22-10-24-12)25-19(31)15(8-16(28)29)26-18(30)13-5-4-6-23-13/h9-11,13-15,17,23H,3-8H2,1-2H3,(H,22,24)(H,25,31)(H,26,30)(H,27,32)(H,28,29)(H,33,34). The van der Waals surface area contributed by atoms with Crippen molar-refractivity contribution in [1.82, 2.24) is 31.2 Å². The summed E-state index contributed by atoms with van der Waals surface area (Å²) < 4.78 is 0. The second-order valence-corrected chi connectivity index (χ2v) is 8.36. The van der Waals surface area contributed by atoms with E-state index in [4.69, 9.17) is 0 Å². The molecule has 0 radical (unpaired) electrons. The predicted molar refractivity (Wildman–Crippen MR) is 118 cm³/mol. The number of aromatic nitrogens is 2. The molecule has 2 heterocycles. The van der Waals surface area contributed by atoms with Crippen LogP contribution < -0.4 is 21.3 Å². The van der Waals surface area contributed by atoms with Crippen molar-refractivity contribution >= 4 is 29.7 Å². The Bertz CT molecular complexity index is 869. The van der Waals surface area contributed by atoms with Gasteiger partial charge in [-0.25, -0.2) is 9.78 Å². The van der Waals surface area contributed by atoms with Crippen molar-refractivity contribution in [3.8, 4) is 0 Å². The van der Waals surface area contributed by atoms with Gasteiger partial charge in [-0.2, -0.15) is 0 Å². The lowest BCUT2D eigenvalue weighted by molar-refractivity contribution is -0.144. The van der Waals surface area contributed by atoms with Crippen LogP contribution in [0.1, 0.15) is 45.2 Å². The van der Waals surface area contributed by atoms with Crippen LogP contribution in [0.25, 0.3) is 0 Å². The summed E-state index contributed by atoms with van der Waals surface area (Å²) in [5, 5.41) is 29.0. The lowest BCUT2D eigenvalue weighted by atomic mass is 9.98. The highest BCUT2D eigenvalue weighted by atomic mass is 16.4. The molecule has 0 bridgehead atoms. The number of aromatic amines is 1. The molecule has 5 unspecified atom stereocenters. The van der Waals surface area contributed by atoms with E-state index in [0.717, 1.165) is 6.42 Å². The molecule has 34 heavy (non-hydrogen) atoms. The molecule has 13 heteroatoms. The Labute approximate surface area is 196 Å². The van der Waals surface area contributed by atoms with Gasteiger partial charge in [0, 0.05) is 18.3 Å². The van der Waals surface area contributed by atoms with Gasteiger partial charge in [-0.3, -0.25) is 19.2 Å². The third-order valence-electron chi connectivity index (χ3n) is 5.78. The first-order chi connectivity index (χ1) is 16.1. The molecule has 1 aliphatic heterocycles. The molecule has 0 spiro atoms. The SMILES string of the molecule is CCC(C)C(NC(=O)C(Cc1cnc[nH]1)NC(=O)C(CC(=O)O)NC(=O)C1CCCN1)C(=O)O. The highest BCUT2D eigenvalue weighted by Crippen LogP contribution is 2.10. The van der Waals surface area contributed by atoms with Gasteiger partial charge in [0.2, 0.25) is 17.7 Å². The molecular formula is C21H32N6O7. The van der Waals surface area contributed by atoms with E-state index in [9.17, 15) is 34.2 Å². The number of nitrogens with one attached hydrogen (secondary N) is 5.